The van der Waals surface area contributed by atoms with Crippen molar-refractivity contribution in [2.45, 2.75) is 6.42 Å². The summed E-state index contributed by atoms with van der Waals surface area (Å²) in [7, 11) is 0. The third-order valence-electron chi connectivity index (χ3n) is 2.89. The Bertz CT molecular complexity index is 792. The van der Waals surface area contributed by atoms with Gasteiger partial charge in [0.1, 0.15) is 5.52 Å². The summed E-state index contributed by atoms with van der Waals surface area (Å²) in [6.45, 7) is 0. The predicted octanol–water partition coefficient (Wildman–Crippen LogP) is 3.98. The van der Waals surface area contributed by atoms with Gasteiger partial charge in [0.25, 0.3) is 0 Å². The Labute approximate surface area is 134 Å². The number of oxazole rings is 1. The molecule has 0 aliphatic rings. The third-order valence-corrected chi connectivity index (χ3v) is 3.42. The zero-order chi connectivity index (χ0) is 15.4. The molecular formula is C16H11BrN2O3. The molecule has 0 saturated heterocycles. The van der Waals surface area contributed by atoms with Gasteiger partial charge in [0.15, 0.2) is 5.58 Å². The topological polar surface area (TPSA) is 64.7 Å². The molecule has 22 heavy (non-hydrogen) atoms. The third kappa shape index (κ3) is 3.40. The lowest BCUT2D eigenvalue weighted by atomic mass is 10.2. The fourth-order valence-corrected chi connectivity index (χ4v) is 2.11. The van der Waals surface area contributed by atoms with Gasteiger partial charge in [0.2, 0.25) is 5.89 Å². The molecule has 0 saturated carbocycles. The van der Waals surface area contributed by atoms with Crippen LogP contribution in [0.4, 0.5) is 0 Å². The number of hydrogen-bond donors (Lipinski definition) is 0. The van der Waals surface area contributed by atoms with E-state index < -0.39 is 5.97 Å². The molecule has 0 N–H and O–H groups in total. The molecule has 5 nitrogen and oxygen atoms in total. The summed E-state index contributed by atoms with van der Waals surface area (Å²) in [6.07, 6.45) is 1.80. The molecule has 0 bridgehead atoms. The first kappa shape index (κ1) is 14.5. The van der Waals surface area contributed by atoms with Crippen molar-refractivity contribution >= 4 is 39.2 Å². The van der Waals surface area contributed by atoms with Crippen LogP contribution < -0.4 is 0 Å². The first-order chi connectivity index (χ1) is 10.7. The molecule has 1 aromatic heterocycles. The maximum Gasteiger partial charge on any atom is 0.365 e. The van der Waals surface area contributed by atoms with E-state index in [4.69, 9.17) is 9.25 Å². The van der Waals surface area contributed by atoms with E-state index in [0.717, 1.165) is 15.6 Å². The summed E-state index contributed by atoms with van der Waals surface area (Å²) in [4.78, 5) is 20.8. The van der Waals surface area contributed by atoms with Crippen LogP contribution in [-0.4, -0.2) is 17.2 Å². The van der Waals surface area contributed by atoms with Crippen molar-refractivity contribution in [3.8, 4) is 0 Å². The van der Waals surface area contributed by atoms with Crippen molar-refractivity contribution in [2.75, 3.05) is 0 Å². The normalized spacial score (nSPS) is 11.1. The molecule has 0 unspecified atom stereocenters. The fraction of sp³-hybridized carbons (Fsp3) is 0.0625. The maximum atomic E-state index is 11.7. The van der Waals surface area contributed by atoms with E-state index in [0.29, 0.717) is 17.9 Å². The van der Waals surface area contributed by atoms with Crippen LogP contribution in [0.25, 0.3) is 11.1 Å². The quantitative estimate of drug-likeness (QED) is 0.402. The Hall–Kier alpha value is -2.47. The van der Waals surface area contributed by atoms with E-state index in [1.54, 1.807) is 24.3 Å². The van der Waals surface area contributed by atoms with Crippen molar-refractivity contribution in [1.82, 2.24) is 4.98 Å². The number of aromatic nitrogens is 1. The van der Waals surface area contributed by atoms with E-state index >= 15 is 0 Å². The number of carbonyl (C=O) groups is 1. The number of carbonyl (C=O) groups excluding carboxylic acids is 1. The lowest BCUT2D eigenvalue weighted by Gasteiger charge is -1.97. The summed E-state index contributed by atoms with van der Waals surface area (Å²) in [6, 6.07) is 14.3. The summed E-state index contributed by atoms with van der Waals surface area (Å²) >= 11 is 3.30. The highest BCUT2D eigenvalue weighted by atomic mass is 79.9. The van der Waals surface area contributed by atoms with Crippen LogP contribution in [0.3, 0.4) is 0 Å². The molecule has 3 rings (SSSR count). The first-order valence-electron chi connectivity index (χ1n) is 6.55. The highest BCUT2D eigenvalue weighted by Crippen LogP contribution is 2.14. The second-order valence-electron chi connectivity index (χ2n) is 4.45. The summed E-state index contributed by atoms with van der Waals surface area (Å²) < 4.78 is 6.42. The molecule has 0 aliphatic heterocycles. The van der Waals surface area contributed by atoms with Crippen LogP contribution in [0, 0.1) is 0 Å². The average Bonchev–Trinajstić information content (AvgIpc) is 2.95. The van der Waals surface area contributed by atoms with Crippen LogP contribution in [0.2, 0.25) is 0 Å². The molecule has 0 aliphatic carbocycles. The van der Waals surface area contributed by atoms with Gasteiger partial charge in [-0.05, 0) is 36.4 Å². The number of benzene rings is 2. The molecular weight excluding hydrogens is 348 g/mol. The van der Waals surface area contributed by atoms with Crippen LogP contribution >= 0.6 is 15.9 Å². The molecule has 0 fully saturated rings. The first-order valence-corrected chi connectivity index (χ1v) is 7.35. The molecule has 0 atom stereocenters. The fourth-order valence-electron chi connectivity index (χ4n) is 1.85. The molecule has 0 amide bonds. The highest BCUT2D eigenvalue weighted by Gasteiger charge is 2.06. The van der Waals surface area contributed by atoms with Crippen molar-refractivity contribution in [1.29, 1.82) is 0 Å². The Morgan fingerprint density at radius 3 is 2.77 bits per heavy atom. The summed E-state index contributed by atoms with van der Waals surface area (Å²) in [5.41, 5.74) is 1.94. The number of halogens is 1. The van der Waals surface area contributed by atoms with Crippen LogP contribution in [0.15, 0.2) is 62.6 Å². The van der Waals surface area contributed by atoms with E-state index in [2.05, 4.69) is 26.1 Å². The number of fused-ring (bicyclic) bond motifs is 1. The number of oxime groups is 1. The minimum atomic E-state index is -0.513. The van der Waals surface area contributed by atoms with Gasteiger partial charge >= 0.3 is 5.97 Å². The Morgan fingerprint density at radius 1 is 1.23 bits per heavy atom. The molecule has 110 valence electrons. The van der Waals surface area contributed by atoms with Gasteiger partial charge in [-0.2, -0.15) is 0 Å². The Kier molecular flexibility index (Phi) is 4.29. The van der Waals surface area contributed by atoms with Gasteiger partial charge in [-0.15, -0.1) is 0 Å². The molecule has 3 aromatic rings. The highest BCUT2D eigenvalue weighted by molar-refractivity contribution is 9.10. The van der Waals surface area contributed by atoms with E-state index in [9.17, 15) is 4.79 Å². The van der Waals surface area contributed by atoms with E-state index in [1.807, 2.05) is 24.3 Å². The molecule has 1 heterocycles. The lowest BCUT2D eigenvalue weighted by molar-refractivity contribution is 0.0518. The van der Waals surface area contributed by atoms with Crippen LogP contribution in [-0.2, 0) is 11.3 Å². The van der Waals surface area contributed by atoms with Crippen LogP contribution in [0.1, 0.15) is 16.2 Å². The minimum absolute atomic E-state index is 0.350. The molecule has 0 radical (unpaired) electrons. The van der Waals surface area contributed by atoms with Crippen molar-refractivity contribution in [3.05, 3.63) is 64.5 Å². The molecule has 6 heteroatoms. The SMILES string of the molecule is O=C(ON=CCc1nc2ccccc2o1)c1ccc(Br)cc1. The van der Waals surface area contributed by atoms with Crippen LogP contribution in [0.5, 0.6) is 0 Å². The zero-order valence-electron chi connectivity index (χ0n) is 11.4. The largest absolute Gasteiger partial charge is 0.440 e. The Balaban J connectivity index is 1.58. The van der Waals surface area contributed by atoms with Gasteiger partial charge in [-0.3, -0.25) is 0 Å². The monoisotopic (exact) mass is 358 g/mol. The van der Waals surface area contributed by atoms with Crippen molar-refractivity contribution in [3.63, 3.8) is 0 Å². The minimum Gasteiger partial charge on any atom is -0.440 e. The predicted molar refractivity (Wildman–Crippen MR) is 85.8 cm³/mol. The number of hydrogen-bond acceptors (Lipinski definition) is 5. The maximum absolute atomic E-state index is 11.7. The van der Waals surface area contributed by atoms with Gasteiger partial charge in [0.05, 0.1) is 18.2 Å². The second kappa shape index (κ2) is 6.53. The standard InChI is InChI=1S/C16H11BrN2O3/c17-12-7-5-11(6-8-12)16(20)22-18-10-9-15-19-13-3-1-2-4-14(13)21-15/h1-8,10H,9H2. The average molecular weight is 359 g/mol. The van der Waals surface area contributed by atoms with Gasteiger partial charge in [0, 0.05) is 4.47 Å². The summed E-state index contributed by atoms with van der Waals surface area (Å²) in [5, 5.41) is 3.65. The zero-order valence-corrected chi connectivity index (χ0v) is 13.0. The van der Waals surface area contributed by atoms with E-state index in [-0.39, 0.29) is 0 Å². The van der Waals surface area contributed by atoms with Gasteiger partial charge in [-0.25, -0.2) is 9.78 Å². The second-order valence-corrected chi connectivity index (χ2v) is 5.37. The van der Waals surface area contributed by atoms with Gasteiger partial charge in [-0.1, -0.05) is 33.2 Å². The van der Waals surface area contributed by atoms with Gasteiger partial charge < -0.3 is 9.25 Å². The van der Waals surface area contributed by atoms with Crippen molar-refractivity contribution in [2.24, 2.45) is 5.16 Å². The van der Waals surface area contributed by atoms with Crippen molar-refractivity contribution < 1.29 is 14.0 Å². The number of para-hydroxylation sites is 2. The molecule has 0 spiro atoms. The number of rotatable bonds is 4. The number of nitrogens with zero attached hydrogens (tertiary/aromatic N) is 2. The molecule has 2 aromatic carbocycles. The van der Waals surface area contributed by atoms with E-state index in [1.165, 1.54) is 6.21 Å². The Morgan fingerprint density at radius 2 is 2.00 bits per heavy atom. The summed E-state index contributed by atoms with van der Waals surface area (Å²) in [5.74, 6) is 0.00551. The lowest BCUT2D eigenvalue weighted by Crippen LogP contribution is -2.00. The smallest absolute Gasteiger partial charge is 0.365 e.